The molecule has 3 aromatic rings. The number of alkyl halides is 5. The molecule has 2 atom stereocenters. The van der Waals surface area contributed by atoms with E-state index in [1.54, 1.807) is 6.92 Å². The second-order valence-corrected chi connectivity index (χ2v) is 11.0. The van der Waals surface area contributed by atoms with Crippen molar-refractivity contribution >= 4 is 17.6 Å². The lowest BCUT2D eigenvalue weighted by Crippen LogP contribution is -2.57. The first-order chi connectivity index (χ1) is 18.6. The van der Waals surface area contributed by atoms with Crippen molar-refractivity contribution in [3.63, 3.8) is 0 Å². The predicted octanol–water partition coefficient (Wildman–Crippen LogP) is 4.16. The Balaban J connectivity index is 1.45. The topological polar surface area (TPSA) is 131 Å². The Bertz CT molecular complexity index is 1430. The summed E-state index contributed by atoms with van der Waals surface area (Å²) in [5.74, 6) is -3.85. The number of amides is 3. The summed E-state index contributed by atoms with van der Waals surface area (Å²) in [6.45, 7) is 2.05. The SMILES string of the molecule is C[C@H](c1cnn2cc([C@H](CC(C)(C)C(F)(F)F)NC(=O)c3nonc3C3CC3)nc2c1)N1CC(F)(F)CNC1=O. The second-order valence-electron chi connectivity index (χ2n) is 11.0. The highest BCUT2D eigenvalue weighted by molar-refractivity contribution is 5.93. The summed E-state index contributed by atoms with van der Waals surface area (Å²) in [4.78, 5) is 30.7. The molecule has 2 aliphatic rings. The van der Waals surface area contributed by atoms with Gasteiger partial charge in [-0.05, 0) is 43.0 Å². The Morgan fingerprint density at radius 2 is 2.00 bits per heavy atom. The van der Waals surface area contributed by atoms with Crippen molar-refractivity contribution in [2.24, 2.45) is 5.41 Å². The van der Waals surface area contributed by atoms with Gasteiger partial charge in [0, 0.05) is 5.92 Å². The fourth-order valence-corrected chi connectivity index (χ4v) is 4.54. The number of nitrogens with zero attached hydrogens (tertiary/aromatic N) is 6. The molecule has 4 heterocycles. The number of imidazole rings is 1. The number of carbonyl (C=O) groups is 2. The average Bonchev–Trinajstić information content (AvgIpc) is 3.42. The van der Waals surface area contributed by atoms with Crippen LogP contribution in [-0.4, -0.2) is 66.9 Å². The summed E-state index contributed by atoms with van der Waals surface area (Å²) in [6.07, 6.45) is -0.793. The number of carbonyl (C=O) groups excluding carboxylic acids is 2. The molecule has 0 radical (unpaired) electrons. The standard InChI is InChI=1S/C24H27F5N8O3/c1-12(36-11-23(25,26)10-30-21(36)39)14-6-17-32-16(9-37(17)31-8-14)15(7-22(2,3)24(27,28)29)33-20(38)19-18(13-4-5-13)34-40-35-19/h6,8-9,12-13,15H,4-5,7,10-11H2,1-3H3,(H,30,39)(H,33,38)/t12-,15+/m1/s1. The summed E-state index contributed by atoms with van der Waals surface area (Å²) >= 11 is 0. The van der Waals surface area contributed by atoms with Gasteiger partial charge in [0.1, 0.15) is 5.69 Å². The van der Waals surface area contributed by atoms with Gasteiger partial charge < -0.3 is 15.5 Å². The van der Waals surface area contributed by atoms with E-state index in [4.69, 9.17) is 4.63 Å². The molecule has 2 fully saturated rings. The molecule has 216 valence electrons. The van der Waals surface area contributed by atoms with Crippen molar-refractivity contribution in [2.45, 2.75) is 70.1 Å². The first-order valence-electron chi connectivity index (χ1n) is 12.6. The number of urea groups is 1. The minimum Gasteiger partial charge on any atom is -0.342 e. The van der Waals surface area contributed by atoms with Crippen molar-refractivity contribution in [2.75, 3.05) is 13.1 Å². The molecule has 0 spiro atoms. The smallest absolute Gasteiger partial charge is 0.342 e. The molecule has 1 aliphatic carbocycles. The van der Waals surface area contributed by atoms with Crippen LogP contribution >= 0.6 is 0 Å². The van der Waals surface area contributed by atoms with Crippen LogP contribution in [0.1, 0.15) is 85.5 Å². The molecule has 1 saturated heterocycles. The Labute approximate surface area is 224 Å². The zero-order valence-electron chi connectivity index (χ0n) is 21.8. The number of nitrogens with one attached hydrogen (secondary N) is 2. The summed E-state index contributed by atoms with van der Waals surface area (Å²) in [5, 5.41) is 16.4. The third kappa shape index (κ3) is 5.43. The van der Waals surface area contributed by atoms with Crippen molar-refractivity contribution in [3.8, 4) is 0 Å². The fourth-order valence-electron chi connectivity index (χ4n) is 4.54. The van der Waals surface area contributed by atoms with Crippen LogP contribution in [0.15, 0.2) is 23.1 Å². The largest absolute Gasteiger partial charge is 0.394 e. The molecular formula is C24H27F5N8O3. The number of hydrogen-bond acceptors (Lipinski definition) is 7. The van der Waals surface area contributed by atoms with Crippen LogP contribution in [0.3, 0.4) is 0 Å². The highest BCUT2D eigenvalue weighted by Gasteiger charge is 2.49. The maximum absolute atomic E-state index is 13.9. The minimum absolute atomic E-state index is 0.0128. The van der Waals surface area contributed by atoms with E-state index in [9.17, 15) is 31.5 Å². The van der Waals surface area contributed by atoms with Crippen molar-refractivity contribution in [1.29, 1.82) is 0 Å². The molecule has 16 heteroatoms. The normalized spacial score (nSPS) is 19.4. The van der Waals surface area contributed by atoms with Gasteiger partial charge in [0.2, 0.25) is 0 Å². The zero-order valence-corrected chi connectivity index (χ0v) is 21.8. The van der Waals surface area contributed by atoms with E-state index in [1.165, 1.54) is 23.0 Å². The Morgan fingerprint density at radius 3 is 2.67 bits per heavy atom. The monoisotopic (exact) mass is 570 g/mol. The molecule has 3 aromatic heterocycles. The maximum Gasteiger partial charge on any atom is 0.394 e. The van der Waals surface area contributed by atoms with Gasteiger partial charge in [-0.15, -0.1) is 0 Å². The van der Waals surface area contributed by atoms with Gasteiger partial charge in [0.05, 0.1) is 48.7 Å². The van der Waals surface area contributed by atoms with Gasteiger partial charge in [-0.2, -0.15) is 18.3 Å². The molecule has 0 aromatic carbocycles. The number of aromatic nitrogens is 5. The zero-order chi connectivity index (χ0) is 29.0. The van der Waals surface area contributed by atoms with E-state index in [2.05, 4.69) is 31.0 Å². The van der Waals surface area contributed by atoms with Gasteiger partial charge in [-0.3, -0.25) is 4.79 Å². The second kappa shape index (κ2) is 9.66. The summed E-state index contributed by atoms with van der Waals surface area (Å²) in [5.41, 5.74) is -1.27. The van der Waals surface area contributed by atoms with Crippen molar-refractivity contribution in [1.82, 2.24) is 40.4 Å². The van der Waals surface area contributed by atoms with E-state index < -0.39 is 61.0 Å². The number of halogens is 5. The Kier molecular flexibility index (Phi) is 6.69. The molecule has 1 saturated carbocycles. The molecule has 40 heavy (non-hydrogen) atoms. The van der Waals surface area contributed by atoms with Crippen LogP contribution < -0.4 is 10.6 Å². The van der Waals surface area contributed by atoms with Gasteiger partial charge in [0.15, 0.2) is 11.3 Å². The first kappa shape index (κ1) is 27.7. The lowest BCUT2D eigenvalue weighted by atomic mass is 9.84. The molecule has 5 rings (SSSR count). The molecule has 1 aliphatic heterocycles. The van der Waals surface area contributed by atoms with Gasteiger partial charge in [0.25, 0.3) is 11.8 Å². The fraction of sp³-hybridized carbons (Fsp3) is 0.583. The number of fused-ring (bicyclic) bond motifs is 1. The van der Waals surface area contributed by atoms with E-state index >= 15 is 0 Å². The number of hydrogen-bond donors (Lipinski definition) is 2. The van der Waals surface area contributed by atoms with Crippen LogP contribution in [0.25, 0.3) is 5.65 Å². The van der Waals surface area contributed by atoms with Gasteiger partial charge in [-0.25, -0.2) is 27.7 Å². The summed E-state index contributed by atoms with van der Waals surface area (Å²) < 4.78 is 75.4. The lowest BCUT2D eigenvalue weighted by molar-refractivity contribution is -0.215. The van der Waals surface area contributed by atoms with Crippen LogP contribution in [0, 0.1) is 5.41 Å². The lowest BCUT2D eigenvalue weighted by Gasteiger charge is -2.36. The molecule has 11 nitrogen and oxygen atoms in total. The van der Waals surface area contributed by atoms with Gasteiger partial charge >= 0.3 is 12.2 Å². The van der Waals surface area contributed by atoms with Crippen LogP contribution in [0.5, 0.6) is 0 Å². The van der Waals surface area contributed by atoms with Crippen molar-refractivity contribution in [3.05, 3.63) is 41.1 Å². The molecule has 0 bridgehead atoms. The van der Waals surface area contributed by atoms with Crippen molar-refractivity contribution < 1.29 is 36.2 Å². The Morgan fingerprint density at radius 1 is 1.27 bits per heavy atom. The highest BCUT2D eigenvalue weighted by Crippen LogP contribution is 2.44. The molecule has 2 N–H and O–H groups in total. The molecule has 0 unspecified atom stereocenters. The third-order valence-corrected chi connectivity index (χ3v) is 7.31. The Hall–Kier alpha value is -3.85. The van der Waals surface area contributed by atoms with Gasteiger partial charge in [-0.1, -0.05) is 19.0 Å². The summed E-state index contributed by atoms with van der Waals surface area (Å²) in [7, 11) is 0. The first-order valence-corrected chi connectivity index (χ1v) is 12.6. The maximum atomic E-state index is 13.9. The van der Waals surface area contributed by atoms with Crippen LogP contribution in [0.4, 0.5) is 26.7 Å². The predicted molar refractivity (Wildman–Crippen MR) is 127 cm³/mol. The minimum atomic E-state index is -4.58. The van der Waals surface area contributed by atoms with E-state index in [1.807, 2.05) is 0 Å². The molecular weight excluding hydrogens is 543 g/mol. The third-order valence-electron chi connectivity index (χ3n) is 7.31. The average molecular weight is 571 g/mol. The van der Waals surface area contributed by atoms with E-state index in [-0.39, 0.29) is 23.0 Å². The molecule has 3 amide bonds. The highest BCUT2D eigenvalue weighted by atomic mass is 19.4. The number of rotatable bonds is 8. The quantitative estimate of drug-likeness (QED) is 0.389. The van der Waals surface area contributed by atoms with E-state index in [0.29, 0.717) is 11.3 Å². The van der Waals surface area contributed by atoms with Crippen LogP contribution in [0.2, 0.25) is 0 Å². The van der Waals surface area contributed by atoms with Crippen LogP contribution in [-0.2, 0) is 0 Å². The van der Waals surface area contributed by atoms with E-state index in [0.717, 1.165) is 31.6 Å². The summed E-state index contributed by atoms with van der Waals surface area (Å²) in [6, 6.07) is -1.17.